The number of unbranched alkanes of at least 4 members (excludes halogenated alkanes) is 35. The van der Waals surface area contributed by atoms with E-state index in [0.29, 0.717) is 19.3 Å². The van der Waals surface area contributed by atoms with Gasteiger partial charge in [-0.3, -0.25) is 14.4 Å². The van der Waals surface area contributed by atoms with Crippen LogP contribution in [0.4, 0.5) is 0 Å². The molecule has 56 heavy (non-hydrogen) atoms. The second-order valence-electron chi connectivity index (χ2n) is 17.1. The second kappa shape index (κ2) is 46.1. The van der Waals surface area contributed by atoms with Crippen LogP contribution in [0.3, 0.4) is 0 Å². The molecule has 0 rings (SSSR count). The maximum absolute atomic E-state index is 12.7. The number of esters is 3. The lowest BCUT2D eigenvalue weighted by Crippen LogP contribution is -2.30. The zero-order chi connectivity index (χ0) is 40.8. The number of rotatable bonds is 46. The summed E-state index contributed by atoms with van der Waals surface area (Å²) < 4.78 is 16.7. The fourth-order valence-electron chi connectivity index (χ4n) is 7.56. The van der Waals surface area contributed by atoms with Crippen molar-refractivity contribution in [1.82, 2.24) is 0 Å². The Bertz CT molecular complexity index is 828. The molecular weight excluding hydrogens is 697 g/mol. The van der Waals surface area contributed by atoms with Crippen LogP contribution in [0.25, 0.3) is 0 Å². The normalized spacial score (nSPS) is 11.8. The maximum atomic E-state index is 12.7. The molecular formula is C50H96O6. The third-order valence-electron chi connectivity index (χ3n) is 11.4. The van der Waals surface area contributed by atoms with Gasteiger partial charge in [0.2, 0.25) is 0 Å². The molecule has 0 aliphatic carbocycles. The van der Waals surface area contributed by atoms with Crippen molar-refractivity contribution in [3.8, 4) is 0 Å². The van der Waals surface area contributed by atoms with Crippen LogP contribution in [-0.2, 0) is 28.6 Å². The molecule has 1 atom stereocenters. The molecule has 0 aromatic heterocycles. The summed E-state index contributed by atoms with van der Waals surface area (Å²) in [5, 5.41) is 0. The summed E-state index contributed by atoms with van der Waals surface area (Å²) in [5.41, 5.74) is 0. The average molecular weight is 793 g/mol. The third-order valence-corrected chi connectivity index (χ3v) is 11.4. The predicted molar refractivity (Wildman–Crippen MR) is 238 cm³/mol. The Kier molecular flexibility index (Phi) is 44.8. The van der Waals surface area contributed by atoms with E-state index in [2.05, 4.69) is 20.8 Å². The SMILES string of the molecule is CCCCCCCCCCCCCCCCCCCCCC(=O)O[C@H](COC(=O)CCCCCCCCC)COC(=O)CCCCCCCCCCCCCC. The highest BCUT2D eigenvalue weighted by Crippen LogP contribution is 2.17. The van der Waals surface area contributed by atoms with Gasteiger partial charge in [-0.2, -0.15) is 0 Å². The highest BCUT2D eigenvalue weighted by molar-refractivity contribution is 5.71. The molecule has 0 bridgehead atoms. The van der Waals surface area contributed by atoms with Gasteiger partial charge < -0.3 is 14.2 Å². The first kappa shape index (κ1) is 54.4. The number of ether oxygens (including phenoxy) is 3. The molecule has 0 unspecified atom stereocenters. The summed E-state index contributed by atoms with van der Waals surface area (Å²) in [7, 11) is 0. The topological polar surface area (TPSA) is 78.9 Å². The van der Waals surface area contributed by atoms with E-state index in [1.807, 2.05) is 0 Å². The summed E-state index contributed by atoms with van der Waals surface area (Å²) in [6, 6.07) is 0. The Hall–Kier alpha value is -1.59. The van der Waals surface area contributed by atoms with Gasteiger partial charge >= 0.3 is 17.9 Å². The van der Waals surface area contributed by atoms with Crippen molar-refractivity contribution in [2.24, 2.45) is 0 Å². The highest BCUT2D eigenvalue weighted by Gasteiger charge is 2.19. The van der Waals surface area contributed by atoms with Crippen molar-refractivity contribution in [3.63, 3.8) is 0 Å². The first-order chi connectivity index (χ1) is 27.5. The minimum absolute atomic E-state index is 0.0628. The van der Waals surface area contributed by atoms with Gasteiger partial charge in [0, 0.05) is 19.3 Å². The number of hydrogen-bond acceptors (Lipinski definition) is 6. The summed E-state index contributed by atoms with van der Waals surface area (Å²) in [6.45, 7) is 6.63. The van der Waals surface area contributed by atoms with E-state index < -0.39 is 6.10 Å². The van der Waals surface area contributed by atoms with Gasteiger partial charge in [0.05, 0.1) is 0 Å². The number of carbonyl (C=O) groups excluding carboxylic acids is 3. The summed E-state index contributed by atoms with van der Waals surface area (Å²) in [5.74, 6) is -0.852. The first-order valence-corrected chi connectivity index (χ1v) is 25.0. The lowest BCUT2D eigenvalue weighted by Gasteiger charge is -2.18. The van der Waals surface area contributed by atoms with Crippen LogP contribution in [0.1, 0.15) is 284 Å². The molecule has 0 radical (unpaired) electrons. The van der Waals surface area contributed by atoms with Gasteiger partial charge in [-0.05, 0) is 19.3 Å². The van der Waals surface area contributed by atoms with Crippen LogP contribution in [0.5, 0.6) is 0 Å². The Morgan fingerprint density at radius 3 is 0.714 bits per heavy atom. The Morgan fingerprint density at radius 1 is 0.286 bits per heavy atom. The van der Waals surface area contributed by atoms with Gasteiger partial charge in [-0.15, -0.1) is 0 Å². The van der Waals surface area contributed by atoms with Crippen molar-refractivity contribution < 1.29 is 28.6 Å². The van der Waals surface area contributed by atoms with Crippen LogP contribution in [0.15, 0.2) is 0 Å². The average Bonchev–Trinajstić information content (AvgIpc) is 3.19. The van der Waals surface area contributed by atoms with Gasteiger partial charge in [-0.25, -0.2) is 0 Å². The molecule has 0 amide bonds. The minimum atomic E-state index is -0.758. The first-order valence-electron chi connectivity index (χ1n) is 25.0. The second-order valence-corrected chi connectivity index (χ2v) is 17.1. The molecule has 0 heterocycles. The molecule has 0 aliphatic rings. The maximum Gasteiger partial charge on any atom is 0.306 e. The van der Waals surface area contributed by atoms with Crippen LogP contribution in [0.2, 0.25) is 0 Å². The smallest absolute Gasteiger partial charge is 0.306 e. The molecule has 0 fully saturated rings. The quantitative estimate of drug-likeness (QED) is 0.0347. The molecule has 0 spiro atoms. The summed E-state index contributed by atoms with van der Waals surface area (Å²) >= 11 is 0. The summed E-state index contributed by atoms with van der Waals surface area (Å²) in [4.78, 5) is 37.7. The minimum Gasteiger partial charge on any atom is -0.462 e. The van der Waals surface area contributed by atoms with E-state index in [0.717, 1.165) is 57.8 Å². The fraction of sp³-hybridized carbons (Fsp3) is 0.940. The number of hydrogen-bond donors (Lipinski definition) is 0. The molecule has 332 valence electrons. The highest BCUT2D eigenvalue weighted by atomic mass is 16.6. The fourth-order valence-corrected chi connectivity index (χ4v) is 7.56. The molecule has 0 N–H and O–H groups in total. The van der Waals surface area contributed by atoms with Crippen molar-refractivity contribution >= 4 is 17.9 Å². The Balaban J connectivity index is 4.17. The standard InChI is InChI=1S/C50H96O6/c1-4-7-10-13-16-18-20-22-23-24-25-26-27-28-30-32-35-38-41-44-50(53)56-47(45-54-48(51)42-39-36-33-15-12-9-6-3)46-55-49(52)43-40-37-34-31-29-21-19-17-14-11-8-5-2/h47H,4-46H2,1-3H3/t47-/m1/s1. The van der Waals surface area contributed by atoms with E-state index in [4.69, 9.17) is 14.2 Å². The monoisotopic (exact) mass is 793 g/mol. The van der Waals surface area contributed by atoms with E-state index in [9.17, 15) is 14.4 Å². The van der Waals surface area contributed by atoms with Crippen LogP contribution in [-0.4, -0.2) is 37.2 Å². The Labute approximate surface area is 348 Å². The van der Waals surface area contributed by atoms with E-state index >= 15 is 0 Å². The van der Waals surface area contributed by atoms with Gasteiger partial charge in [0.25, 0.3) is 0 Å². The molecule has 0 aromatic carbocycles. The lowest BCUT2D eigenvalue weighted by molar-refractivity contribution is -0.167. The van der Waals surface area contributed by atoms with E-state index in [1.54, 1.807) is 0 Å². The van der Waals surface area contributed by atoms with Crippen LogP contribution in [0, 0.1) is 0 Å². The van der Waals surface area contributed by atoms with Gasteiger partial charge in [0.15, 0.2) is 6.10 Å². The molecule has 0 aliphatic heterocycles. The van der Waals surface area contributed by atoms with Crippen LogP contribution >= 0.6 is 0 Å². The zero-order valence-electron chi connectivity index (χ0n) is 37.9. The van der Waals surface area contributed by atoms with E-state index in [1.165, 1.54) is 186 Å². The largest absolute Gasteiger partial charge is 0.462 e. The lowest BCUT2D eigenvalue weighted by atomic mass is 10.0. The van der Waals surface area contributed by atoms with Gasteiger partial charge in [-0.1, -0.05) is 245 Å². The van der Waals surface area contributed by atoms with Crippen LogP contribution < -0.4 is 0 Å². The Morgan fingerprint density at radius 2 is 0.482 bits per heavy atom. The van der Waals surface area contributed by atoms with Crippen molar-refractivity contribution in [1.29, 1.82) is 0 Å². The van der Waals surface area contributed by atoms with E-state index in [-0.39, 0.29) is 31.1 Å². The molecule has 6 nitrogen and oxygen atoms in total. The molecule has 0 aromatic rings. The third kappa shape index (κ3) is 43.5. The van der Waals surface area contributed by atoms with Gasteiger partial charge in [0.1, 0.15) is 13.2 Å². The zero-order valence-corrected chi connectivity index (χ0v) is 37.9. The van der Waals surface area contributed by atoms with Crippen molar-refractivity contribution in [2.75, 3.05) is 13.2 Å². The predicted octanol–water partition coefficient (Wildman–Crippen LogP) is 16.0. The molecule has 6 heteroatoms. The molecule has 0 saturated heterocycles. The number of carbonyl (C=O) groups is 3. The van der Waals surface area contributed by atoms with Crippen molar-refractivity contribution in [2.45, 2.75) is 290 Å². The molecule has 0 saturated carbocycles. The summed E-state index contributed by atoms with van der Waals surface area (Å²) in [6.07, 6.45) is 48.2. The van der Waals surface area contributed by atoms with Crippen molar-refractivity contribution in [3.05, 3.63) is 0 Å².